The molecule has 1 aliphatic carbocycles. The highest BCUT2D eigenvalue weighted by molar-refractivity contribution is 6.01. The number of hydrogen-bond donors (Lipinski definition) is 0. The third-order valence-corrected chi connectivity index (χ3v) is 4.97. The molecular formula is C23H34O6. The van der Waals surface area contributed by atoms with E-state index < -0.39 is 12.1 Å². The predicted octanol–water partition coefficient (Wildman–Crippen LogP) is 4.41. The first-order valence-electron chi connectivity index (χ1n) is 10.6. The molecule has 0 bridgehead atoms. The van der Waals surface area contributed by atoms with Gasteiger partial charge in [-0.1, -0.05) is 38.7 Å². The largest absolute Gasteiger partial charge is 0.469 e. The predicted molar refractivity (Wildman–Crippen MR) is 110 cm³/mol. The number of ketones is 2. The van der Waals surface area contributed by atoms with Gasteiger partial charge in [-0.15, -0.1) is 0 Å². The van der Waals surface area contributed by atoms with E-state index in [1.54, 1.807) is 6.08 Å². The van der Waals surface area contributed by atoms with Crippen molar-refractivity contribution in [2.75, 3.05) is 7.11 Å². The van der Waals surface area contributed by atoms with Gasteiger partial charge in [0.1, 0.15) is 6.10 Å². The molecule has 0 saturated carbocycles. The number of methoxy groups -OCH3 is 1. The highest BCUT2D eigenvalue weighted by Gasteiger charge is 2.32. The maximum atomic E-state index is 12.5. The van der Waals surface area contributed by atoms with E-state index in [0.29, 0.717) is 30.4 Å². The molecule has 1 aliphatic rings. The van der Waals surface area contributed by atoms with Crippen molar-refractivity contribution >= 4 is 23.5 Å². The van der Waals surface area contributed by atoms with Gasteiger partial charge in [-0.2, -0.15) is 0 Å². The zero-order valence-electron chi connectivity index (χ0n) is 18.0. The molecular weight excluding hydrogens is 372 g/mol. The van der Waals surface area contributed by atoms with E-state index in [4.69, 9.17) is 4.74 Å². The van der Waals surface area contributed by atoms with Crippen LogP contribution in [0.1, 0.15) is 84.5 Å². The maximum Gasteiger partial charge on any atom is 0.305 e. The zero-order chi connectivity index (χ0) is 21.6. The molecule has 6 heteroatoms. The van der Waals surface area contributed by atoms with Crippen LogP contribution in [-0.2, 0) is 28.7 Å². The van der Waals surface area contributed by atoms with Gasteiger partial charge in [-0.25, -0.2) is 0 Å². The van der Waals surface area contributed by atoms with E-state index >= 15 is 0 Å². The average Bonchev–Trinajstić information content (AvgIpc) is 2.96. The van der Waals surface area contributed by atoms with Crippen molar-refractivity contribution in [2.45, 2.75) is 90.6 Å². The summed E-state index contributed by atoms with van der Waals surface area (Å²) in [5.74, 6) is -0.649. The molecule has 1 rings (SSSR count). The van der Waals surface area contributed by atoms with Crippen LogP contribution in [-0.4, -0.2) is 36.7 Å². The Labute approximate surface area is 173 Å². The Hall–Kier alpha value is -2.24. The standard InChI is InChI=1S/C23H34O6/c1-4-5-8-11-18(25)14-15-20-19(21(26)16-22(20)29-17(2)24)12-9-6-7-10-13-23(27)28-3/h14-15,22H,4-13,16H2,1-3H3. The Bertz CT molecular complexity index is 644. The van der Waals surface area contributed by atoms with Gasteiger partial charge in [0.05, 0.1) is 13.5 Å². The first-order valence-corrected chi connectivity index (χ1v) is 10.6. The molecule has 29 heavy (non-hydrogen) atoms. The number of ether oxygens (including phenoxy) is 2. The molecule has 0 saturated heterocycles. The molecule has 6 nitrogen and oxygen atoms in total. The lowest BCUT2D eigenvalue weighted by Crippen LogP contribution is -2.16. The molecule has 0 radical (unpaired) electrons. The molecule has 0 aromatic carbocycles. The Morgan fingerprint density at radius 3 is 2.38 bits per heavy atom. The Morgan fingerprint density at radius 1 is 1.03 bits per heavy atom. The number of unbranched alkanes of at least 4 members (excludes halogenated alkanes) is 5. The number of hydrogen-bond acceptors (Lipinski definition) is 6. The third kappa shape index (κ3) is 9.68. The van der Waals surface area contributed by atoms with Gasteiger partial charge in [-0.3, -0.25) is 19.2 Å². The summed E-state index contributed by atoms with van der Waals surface area (Å²) >= 11 is 0. The van der Waals surface area contributed by atoms with Crippen LogP contribution >= 0.6 is 0 Å². The van der Waals surface area contributed by atoms with Crippen molar-refractivity contribution in [1.29, 1.82) is 0 Å². The van der Waals surface area contributed by atoms with E-state index in [9.17, 15) is 19.2 Å². The Kier molecular flexibility index (Phi) is 11.8. The summed E-state index contributed by atoms with van der Waals surface area (Å²) in [5, 5.41) is 0. The van der Waals surface area contributed by atoms with Crippen LogP contribution in [0.4, 0.5) is 0 Å². The lowest BCUT2D eigenvalue weighted by molar-refractivity contribution is -0.145. The quantitative estimate of drug-likeness (QED) is 0.241. The lowest BCUT2D eigenvalue weighted by Gasteiger charge is -2.12. The van der Waals surface area contributed by atoms with Crippen LogP contribution < -0.4 is 0 Å². The van der Waals surface area contributed by atoms with Gasteiger partial charge in [-0.05, 0) is 37.3 Å². The number of carbonyl (C=O) groups is 4. The number of carbonyl (C=O) groups excluding carboxylic acids is 4. The lowest BCUT2D eigenvalue weighted by atomic mass is 10.0. The topological polar surface area (TPSA) is 86.7 Å². The van der Waals surface area contributed by atoms with Crippen molar-refractivity contribution in [3.05, 3.63) is 23.3 Å². The molecule has 0 amide bonds. The second-order valence-corrected chi connectivity index (χ2v) is 7.41. The van der Waals surface area contributed by atoms with Gasteiger partial charge in [0, 0.05) is 25.3 Å². The molecule has 162 valence electrons. The fraction of sp³-hybridized carbons (Fsp3) is 0.652. The molecule has 0 aromatic rings. The minimum atomic E-state index is -0.603. The van der Waals surface area contributed by atoms with Crippen LogP contribution in [0.3, 0.4) is 0 Å². The van der Waals surface area contributed by atoms with Crippen molar-refractivity contribution in [2.24, 2.45) is 0 Å². The minimum Gasteiger partial charge on any atom is -0.469 e. The van der Waals surface area contributed by atoms with Gasteiger partial charge in [0.25, 0.3) is 0 Å². The van der Waals surface area contributed by atoms with E-state index in [-0.39, 0.29) is 24.0 Å². The van der Waals surface area contributed by atoms with Crippen LogP contribution in [0.2, 0.25) is 0 Å². The Morgan fingerprint density at radius 2 is 1.72 bits per heavy atom. The van der Waals surface area contributed by atoms with Gasteiger partial charge < -0.3 is 9.47 Å². The second-order valence-electron chi connectivity index (χ2n) is 7.41. The van der Waals surface area contributed by atoms with Crippen LogP contribution in [0, 0.1) is 0 Å². The molecule has 0 heterocycles. The molecule has 0 aliphatic heterocycles. The summed E-state index contributed by atoms with van der Waals surface area (Å²) in [4.78, 5) is 47.0. The monoisotopic (exact) mass is 406 g/mol. The number of allylic oxidation sites excluding steroid dienone is 2. The fourth-order valence-corrected chi connectivity index (χ4v) is 3.40. The second kappa shape index (κ2) is 13.9. The zero-order valence-corrected chi connectivity index (χ0v) is 18.0. The molecule has 0 spiro atoms. The van der Waals surface area contributed by atoms with Crippen molar-refractivity contribution in [1.82, 2.24) is 0 Å². The van der Waals surface area contributed by atoms with Crippen molar-refractivity contribution in [3.63, 3.8) is 0 Å². The smallest absolute Gasteiger partial charge is 0.305 e. The number of rotatable bonds is 14. The van der Waals surface area contributed by atoms with Crippen molar-refractivity contribution in [3.8, 4) is 0 Å². The van der Waals surface area contributed by atoms with Crippen LogP contribution in [0.15, 0.2) is 23.3 Å². The minimum absolute atomic E-state index is 0.0223. The molecule has 0 N–H and O–H groups in total. The number of Topliss-reactive ketones (excluding diaryl/α,β-unsaturated/α-hetero) is 1. The highest BCUT2D eigenvalue weighted by Crippen LogP contribution is 2.31. The van der Waals surface area contributed by atoms with Gasteiger partial charge in [0.15, 0.2) is 11.6 Å². The van der Waals surface area contributed by atoms with Crippen LogP contribution in [0.25, 0.3) is 0 Å². The summed E-state index contributed by atoms with van der Waals surface area (Å²) < 4.78 is 9.93. The third-order valence-electron chi connectivity index (χ3n) is 4.97. The first kappa shape index (κ1) is 24.8. The van der Waals surface area contributed by atoms with Gasteiger partial charge in [0.2, 0.25) is 0 Å². The first-order chi connectivity index (χ1) is 13.9. The SMILES string of the molecule is CCCCCC(=O)C=CC1=C(CCCCCCC(=O)OC)C(=O)CC1OC(C)=O. The molecule has 0 aromatic heterocycles. The molecule has 1 unspecified atom stereocenters. The molecule has 1 atom stereocenters. The number of esters is 2. The summed E-state index contributed by atoms with van der Waals surface area (Å²) in [5.41, 5.74) is 1.31. The van der Waals surface area contributed by atoms with E-state index in [0.717, 1.165) is 44.9 Å². The average molecular weight is 407 g/mol. The van der Waals surface area contributed by atoms with Crippen LogP contribution in [0.5, 0.6) is 0 Å². The molecule has 0 fully saturated rings. The summed E-state index contributed by atoms with van der Waals surface area (Å²) in [6.45, 7) is 3.40. The van der Waals surface area contributed by atoms with E-state index in [2.05, 4.69) is 11.7 Å². The summed E-state index contributed by atoms with van der Waals surface area (Å²) in [6.07, 6.45) is 10.4. The maximum absolute atomic E-state index is 12.5. The highest BCUT2D eigenvalue weighted by atomic mass is 16.5. The fourth-order valence-electron chi connectivity index (χ4n) is 3.40. The van der Waals surface area contributed by atoms with E-state index in [1.165, 1.54) is 20.1 Å². The normalized spacial score (nSPS) is 16.5. The van der Waals surface area contributed by atoms with Crippen molar-refractivity contribution < 1.29 is 28.7 Å². The summed E-state index contributed by atoms with van der Waals surface area (Å²) in [6, 6.07) is 0. The van der Waals surface area contributed by atoms with E-state index in [1.807, 2.05) is 0 Å². The summed E-state index contributed by atoms with van der Waals surface area (Å²) in [7, 11) is 1.38. The Balaban J connectivity index is 2.70. The van der Waals surface area contributed by atoms with Gasteiger partial charge >= 0.3 is 11.9 Å².